The second-order valence-corrected chi connectivity index (χ2v) is 2.32. The first-order valence-electron chi connectivity index (χ1n) is 3.47. The maximum atomic E-state index is 12.4. The molecule has 2 rings (SSSR count). The summed E-state index contributed by atoms with van der Waals surface area (Å²) in [4.78, 5) is 10.6. The van der Waals surface area contributed by atoms with Gasteiger partial charge in [-0.15, -0.1) is 12.4 Å². The highest BCUT2D eigenvalue weighted by Gasteiger charge is 1.99. The van der Waals surface area contributed by atoms with Crippen molar-refractivity contribution in [2.24, 2.45) is 0 Å². The summed E-state index contributed by atoms with van der Waals surface area (Å²) in [5.41, 5.74) is 1.38. The number of halogens is 2. The number of nitrogens with zero attached hydrogens (tertiary/aromatic N) is 2. The van der Waals surface area contributed by atoms with Gasteiger partial charge in [0, 0.05) is 6.20 Å². The van der Waals surface area contributed by atoms with Crippen LogP contribution in [-0.4, -0.2) is 15.0 Å². The van der Waals surface area contributed by atoms with Crippen molar-refractivity contribution in [3.63, 3.8) is 0 Å². The summed E-state index contributed by atoms with van der Waals surface area (Å²) >= 11 is 0. The largest absolute Gasteiger partial charge is 0.351 e. The average Bonchev–Trinajstić information content (AvgIpc) is 2.58. The Balaban J connectivity index is 0.000000845. The first kappa shape index (κ1) is 9.67. The van der Waals surface area contributed by atoms with Crippen molar-refractivity contribution in [1.82, 2.24) is 15.0 Å². The number of aromatic nitrogens is 3. The minimum Gasteiger partial charge on any atom is -0.351 e. The summed E-state index contributed by atoms with van der Waals surface area (Å²) in [6.07, 6.45) is 4.44. The SMILES string of the molecule is Cl.Fc1ccc(-c2c[nH]cn2)nc1. The second kappa shape index (κ2) is 4.00. The van der Waals surface area contributed by atoms with Crippen LogP contribution in [0.2, 0.25) is 0 Å². The van der Waals surface area contributed by atoms with Crippen LogP contribution in [0.4, 0.5) is 4.39 Å². The Morgan fingerprint density at radius 1 is 1.15 bits per heavy atom. The Hall–Kier alpha value is -1.42. The molecule has 0 saturated carbocycles. The molecule has 0 amide bonds. The topological polar surface area (TPSA) is 41.6 Å². The zero-order valence-corrected chi connectivity index (χ0v) is 7.38. The molecule has 2 aromatic rings. The molecule has 2 aromatic heterocycles. The lowest BCUT2D eigenvalue weighted by molar-refractivity contribution is 0.622. The van der Waals surface area contributed by atoms with E-state index >= 15 is 0 Å². The van der Waals surface area contributed by atoms with E-state index in [-0.39, 0.29) is 18.2 Å². The van der Waals surface area contributed by atoms with E-state index in [2.05, 4.69) is 15.0 Å². The van der Waals surface area contributed by atoms with Crippen molar-refractivity contribution in [2.45, 2.75) is 0 Å². The zero-order valence-electron chi connectivity index (χ0n) is 6.57. The van der Waals surface area contributed by atoms with Gasteiger partial charge in [0.25, 0.3) is 0 Å². The van der Waals surface area contributed by atoms with E-state index in [1.54, 1.807) is 18.6 Å². The fourth-order valence-electron chi connectivity index (χ4n) is 0.928. The Morgan fingerprint density at radius 3 is 2.54 bits per heavy atom. The highest BCUT2D eigenvalue weighted by molar-refractivity contribution is 5.85. The average molecular weight is 200 g/mol. The van der Waals surface area contributed by atoms with E-state index in [9.17, 15) is 4.39 Å². The third-order valence-electron chi connectivity index (χ3n) is 1.49. The van der Waals surface area contributed by atoms with Crippen LogP contribution >= 0.6 is 12.4 Å². The van der Waals surface area contributed by atoms with Crippen molar-refractivity contribution in [3.05, 3.63) is 36.7 Å². The molecule has 0 aromatic carbocycles. The summed E-state index contributed by atoms with van der Waals surface area (Å²) in [6, 6.07) is 2.95. The van der Waals surface area contributed by atoms with Crippen LogP contribution in [0.25, 0.3) is 11.4 Å². The highest BCUT2D eigenvalue weighted by Crippen LogP contribution is 2.11. The molecule has 3 nitrogen and oxygen atoms in total. The van der Waals surface area contributed by atoms with E-state index in [4.69, 9.17) is 0 Å². The predicted octanol–water partition coefficient (Wildman–Crippen LogP) is 2.03. The number of imidazole rings is 1. The summed E-state index contributed by atoms with van der Waals surface area (Å²) in [6.45, 7) is 0. The minimum absolute atomic E-state index is 0. The van der Waals surface area contributed by atoms with Gasteiger partial charge in [0.1, 0.15) is 11.5 Å². The number of aromatic amines is 1. The van der Waals surface area contributed by atoms with Gasteiger partial charge in [-0.2, -0.15) is 0 Å². The van der Waals surface area contributed by atoms with Gasteiger partial charge in [-0.1, -0.05) is 0 Å². The third-order valence-corrected chi connectivity index (χ3v) is 1.49. The Bertz CT molecular complexity index is 357. The Kier molecular flexibility index (Phi) is 2.97. The Labute approximate surface area is 80.5 Å². The van der Waals surface area contributed by atoms with E-state index in [0.29, 0.717) is 5.69 Å². The maximum Gasteiger partial charge on any atom is 0.141 e. The zero-order chi connectivity index (χ0) is 8.39. The molecule has 0 radical (unpaired) electrons. The van der Waals surface area contributed by atoms with Crippen LogP contribution in [0, 0.1) is 5.82 Å². The van der Waals surface area contributed by atoms with Gasteiger partial charge in [-0.3, -0.25) is 4.98 Å². The third kappa shape index (κ3) is 2.03. The molecule has 0 aliphatic rings. The molecule has 1 N–H and O–H groups in total. The summed E-state index contributed by atoms with van der Waals surface area (Å²) in [5, 5.41) is 0. The predicted molar refractivity (Wildman–Crippen MR) is 49.0 cm³/mol. The first-order valence-corrected chi connectivity index (χ1v) is 3.47. The molecule has 0 saturated heterocycles. The molecular weight excluding hydrogens is 193 g/mol. The van der Waals surface area contributed by atoms with Gasteiger partial charge in [-0.05, 0) is 12.1 Å². The number of H-pyrrole nitrogens is 1. The van der Waals surface area contributed by atoms with Gasteiger partial charge in [0.2, 0.25) is 0 Å². The number of nitrogens with one attached hydrogen (secondary N) is 1. The lowest BCUT2D eigenvalue weighted by Gasteiger charge is -1.92. The van der Waals surface area contributed by atoms with Crippen molar-refractivity contribution in [3.8, 4) is 11.4 Å². The van der Waals surface area contributed by atoms with Crippen LogP contribution in [0.15, 0.2) is 30.9 Å². The van der Waals surface area contributed by atoms with Crippen molar-refractivity contribution < 1.29 is 4.39 Å². The maximum absolute atomic E-state index is 12.4. The van der Waals surface area contributed by atoms with Crippen LogP contribution in [0.5, 0.6) is 0 Å². The molecule has 0 fully saturated rings. The molecule has 0 spiro atoms. The number of pyridine rings is 1. The Morgan fingerprint density at radius 2 is 2.00 bits per heavy atom. The smallest absolute Gasteiger partial charge is 0.141 e. The standard InChI is InChI=1S/C8H6FN3.ClH/c9-6-1-2-7(11-3-6)8-4-10-5-12-8;/h1-5H,(H,10,12);1H. The molecule has 13 heavy (non-hydrogen) atoms. The fraction of sp³-hybridized carbons (Fsp3) is 0. The fourth-order valence-corrected chi connectivity index (χ4v) is 0.928. The molecule has 2 heterocycles. The van der Waals surface area contributed by atoms with E-state index in [1.165, 1.54) is 12.3 Å². The molecule has 0 atom stereocenters. The van der Waals surface area contributed by atoms with Crippen LogP contribution < -0.4 is 0 Å². The lowest BCUT2D eigenvalue weighted by Crippen LogP contribution is -1.83. The summed E-state index contributed by atoms with van der Waals surface area (Å²) < 4.78 is 12.4. The molecule has 0 bridgehead atoms. The number of hydrogen-bond donors (Lipinski definition) is 1. The van der Waals surface area contributed by atoms with E-state index < -0.39 is 0 Å². The normalized spacial score (nSPS) is 9.31. The van der Waals surface area contributed by atoms with Crippen molar-refractivity contribution in [1.29, 1.82) is 0 Å². The summed E-state index contributed by atoms with van der Waals surface area (Å²) in [7, 11) is 0. The van der Waals surface area contributed by atoms with Crippen LogP contribution in [0.1, 0.15) is 0 Å². The van der Waals surface area contributed by atoms with Crippen LogP contribution in [-0.2, 0) is 0 Å². The number of rotatable bonds is 1. The molecule has 0 aliphatic carbocycles. The lowest BCUT2D eigenvalue weighted by atomic mass is 10.3. The molecule has 5 heteroatoms. The number of hydrogen-bond acceptors (Lipinski definition) is 2. The van der Waals surface area contributed by atoms with Crippen molar-refractivity contribution in [2.75, 3.05) is 0 Å². The summed E-state index contributed by atoms with van der Waals surface area (Å²) in [5.74, 6) is -0.339. The quantitative estimate of drug-likeness (QED) is 0.764. The minimum atomic E-state index is -0.339. The van der Waals surface area contributed by atoms with Gasteiger partial charge >= 0.3 is 0 Å². The molecule has 0 unspecified atom stereocenters. The molecule has 0 aliphatic heterocycles. The van der Waals surface area contributed by atoms with Gasteiger partial charge < -0.3 is 4.98 Å². The molecule has 68 valence electrons. The van der Waals surface area contributed by atoms with E-state index in [1.807, 2.05) is 0 Å². The van der Waals surface area contributed by atoms with E-state index in [0.717, 1.165) is 5.69 Å². The highest BCUT2D eigenvalue weighted by atomic mass is 35.5. The van der Waals surface area contributed by atoms with Crippen molar-refractivity contribution >= 4 is 12.4 Å². The monoisotopic (exact) mass is 199 g/mol. The van der Waals surface area contributed by atoms with Crippen LogP contribution in [0.3, 0.4) is 0 Å². The first-order chi connectivity index (χ1) is 5.86. The molecular formula is C8H7ClFN3. The second-order valence-electron chi connectivity index (χ2n) is 2.32. The van der Waals surface area contributed by atoms with Gasteiger partial charge in [0.15, 0.2) is 0 Å². The van der Waals surface area contributed by atoms with Gasteiger partial charge in [0.05, 0.1) is 18.2 Å². The van der Waals surface area contributed by atoms with Gasteiger partial charge in [-0.25, -0.2) is 9.37 Å².